The van der Waals surface area contributed by atoms with Crippen LogP contribution >= 0.6 is 0 Å². The highest BCUT2D eigenvalue weighted by Crippen LogP contribution is 2.19. The largest absolute Gasteiger partial charge is 0.338 e. The second kappa shape index (κ2) is 7.52. The van der Waals surface area contributed by atoms with Crippen LogP contribution in [0.3, 0.4) is 0 Å². The molecule has 1 N–H and O–H groups in total. The van der Waals surface area contributed by atoms with Crippen LogP contribution in [0.2, 0.25) is 0 Å². The van der Waals surface area contributed by atoms with E-state index in [-0.39, 0.29) is 29.4 Å². The lowest BCUT2D eigenvalue weighted by molar-refractivity contribution is 0.0747. The average molecular weight is 386 g/mol. The number of anilines is 1. The van der Waals surface area contributed by atoms with Crippen molar-refractivity contribution >= 4 is 27.3 Å². The zero-order valence-corrected chi connectivity index (χ0v) is 16.1. The van der Waals surface area contributed by atoms with E-state index in [1.54, 1.807) is 31.3 Å². The number of carbonyl (C=O) groups is 2. The highest BCUT2D eigenvalue weighted by molar-refractivity contribution is 7.91. The van der Waals surface area contributed by atoms with E-state index in [1.807, 2.05) is 25.1 Å². The van der Waals surface area contributed by atoms with Crippen molar-refractivity contribution in [1.29, 1.82) is 0 Å². The Kier molecular flexibility index (Phi) is 5.32. The van der Waals surface area contributed by atoms with Gasteiger partial charge in [0.2, 0.25) is 0 Å². The van der Waals surface area contributed by atoms with Gasteiger partial charge in [0.15, 0.2) is 9.84 Å². The molecule has 1 fully saturated rings. The Bertz CT molecular complexity index is 985. The lowest BCUT2D eigenvalue weighted by atomic mass is 10.1. The first kappa shape index (κ1) is 19.1. The Morgan fingerprint density at radius 3 is 2.44 bits per heavy atom. The highest BCUT2D eigenvalue weighted by atomic mass is 32.2. The zero-order chi connectivity index (χ0) is 19.6. The number of sulfone groups is 1. The number of nitrogens with zero attached hydrogens (tertiary/aromatic N) is 1. The predicted molar refractivity (Wildman–Crippen MR) is 105 cm³/mol. The molecule has 6 nitrogen and oxygen atoms in total. The molecule has 1 aliphatic heterocycles. The first-order valence-electron chi connectivity index (χ1n) is 8.71. The van der Waals surface area contributed by atoms with Crippen molar-refractivity contribution in [1.82, 2.24) is 4.90 Å². The fourth-order valence-corrected chi connectivity index (χ4v) is 4.94. The third kappa shape index (κ3) is 4.54. The number of nitrogens with one attached hydrogen (secondary N) is 1. The van der Waals surface area contributed by atoms with Crippen LogP contribution in [-0.2, 0) is 9.84 Å². The zero-order valence-electron chi connectivity index (χ0n) is 15.3. The first-order valence-corrected chi connectivity index (χ1v) is 10.5. The number of benzene rings is 2. The summed E-state index contributed by atoms with van der Waals surface area (Å²) in [5, 5.41) is 2.82. The Balaban J connectivity index is 1.74. The third-order valence-electron chi connectivity index (χ3n) is 4.72. The lowest BCUT2D eigenvalue weighted by Gasteiger charge is -2.23. The van der Waals surface area contributed by atoms with Crippen LogP contribution in [0.25, 0.3) is 0 Å². The molecule has 2 aromatic carbocycles. The van der Waals surface area contributed by atoms with Crippen molar-refractivity contribution in [3.63, 3.8) is 0 Å². The third-order valence-corrected chi connectivity index (χ3v) is 6.47. The van der Waals surface area contributed by atoms with Gasteiger partial charge in [0.05, 0.1) is 11.5 Å². The Morgan fingerprint density at radius 2 is 1.78 bits per heavy atom. The van der Waals surface area contributed by atoms with Crippen LogP contribution in [-0.4, -0.2) is 49.7 Å². The highest BCUT2D eigenvalue weighted by Gasteiger charge is 2.33. The van der Waals surface area contributed by atoms with Crippen molar-refractivity contribution in [3.05, 3.63) is 65.2 Å². The quantitative estimate of drug-likeness (QED) is 0.875. The van der Waals surface area contributed by atoms with Crippen LogP contribution in [0.4, 0.5) is 5.69 Å². The second-order valence-corrected chi connectivity index (χ2v) is 9.11. The van der Waals surface area contributed by atoms with Crippen LogP contribution in [0.15, 0.2) is 48.5 Å². The summed E-state index contributed by atoms with van der Waals surface area (Å²) in [6, 6.07) is 13.6. The molecule has 0 spiro atoms. The predicted octanol–water partition coefficient (Wildman–Crippen LogP) is 2.51. The maximum atomic E-state index is 12.7. The number of hydrogen-bond donors (Lipinski definition) is 1. The molecular weight excluding hydrogens is 364 g/mol. The molecule has 27 heavy (non-hydrogen) atoms. The van der Waals surface area contributed by atoms with E-state index in [0.717, 1.165) is 5.56 Å². The van der Waals surface area contributed by atoms with Crippen LogP contribution in [0.5, 0.6) is 0 Å². The van der Waals surface area contributed by atoms with Gasteiger partial charge in [0.1, 0.15) is 0 Å². The molecule has 0 aromatic heterocycles. The Hall–Kier alpha value is -2.67. The number of carbonyl (C=O) groups excluding carboxylic acids is 2. The van der Waals surface area contributed by atoms with Gasteiger partial charge >= 0.3 is 0 Å². The van der Waals surface area contributed by atoms with Gasteiger partial charge in [0.25, 0.3) is 11.8 Å². The molecule has 0 radical (unpaired) electrons. The molecule has 0 aliphatic carbocycles. The molecule has 1 saturated heterocycles. The van der Waals surface area contributed by atoms with Gasteiger partial charge in [0, 0.05) is 29.9 Å². The molecule has 1 unspecified atom stereocenters. The maximum absolute atomic E-state index is 12.7. The van der Waals surface area contributed by atoms with Crippen molar-refractivity contribution in [2.45, 2.75) is 19.4 Å². The van der Waals surface area contributed by atoms with E-state index in [9.17, 15) is 18.0 Å². The number of hydrogen-bond acceptors (Lipinski definition) is 4. The normalized spacial score (nSPS) is 18.1. The molecule has 0 saturated carbocycles. The minimum atomic E-state index is -3.07. The van der Waals surface area contributed by atoms with E-state index >= 15 is 0 Å². The van der Waals surface area contributed by atoms with E-state index in [2.05, 4.69) is 5.32 Å². The summed E-state index contributed by atoms with van der Waals surface area (Å²) < 4.78 is 23.3. The molecule has 1 aliphatic rings. The van der Waals surface area contributed by atoms with Gasteiger partial charge in [-0.15, -0.1) is 0 Å². The molecule has 2 aromatic rings. The number of amides is 2. The molecule has 1 heterocycles. The molecule has 3 rings (SSSR count). The number of rotatable bonds is 4. The van der Waals surface area contributed by atoms with Gasteiger partial charge in [-0.2, -0.15) is 0 Å². The van der Waals surface area contributed by atoms with Gasteiger partial charge in [-0.25, -0.2) is 8.42 Å². The Morgan fingerprint density at radius 1 is 1.07 bits per heavy atom. The van der Waals surface area contributed by atoms with Crippen LogP contribution in [0, 0.1) is 6.92 Å². The summed E-state index contributed by atoms with van der Waals surface area (Å²) in [6.45, 7) is 1.94. The summed E-state index contributed by atoms with van der Waals surface area (Å²) >= 11 is 0. The standard InChI is InChI=1S/C20H22N2O4S/c1-14-5-3-8-17(11-14)21-19(23)15-6-4-7-16(12-15)20(24)22(2)18-9-10-27(25,26)13-18/h3-8,11-12,18H,9-10,13H2,1-2H3,(H,21,23). The van der Waals surface area contributed by atoms with Crippen molar-refractivity contribution in [2.24, 2.45) is 0 Å². The summed E-state index contributed by atoms with van der Waals surface area (Å²) in [5.41, 5.74) is 2.45. The number of aryl methyl sites for hydroxylation is 1. The average Bonchev–Trinajstić information content (AvgIpc) is 3.00. The van der Waals surface area contributed by atoms with E-state index in [4.69, 9.17) is 0 Å². The maximum Gasteiger partial charge on any atom is 0.255 e. The molecule has 1 atom stereocenters. The molecule has 2 amide bonds. The minimum absolute atomic E-state index is 0.0111. The summed E-state index contributed by atoms with van der Waals surface area (Å²) in [7, 11) is -1.47. The molecule has 7 heteroatoms. The van der Waals surface area contributed by atoms with Gasteiger partial charge in [-0.05, 0) is 49.2 Å². The monoisotopic (exact) mass is 386 g/mol. The Labute approximate surface area is 159 Å². The smallest absolute Gasteiger partial charge is 0.255 e. The van der Waals surface area contributed by atoms with Gasteiger partial charge in [-0.1, -0.05) is 18.2 Å². The molecule has 0 bridgehead atoms. The van der Waals surface area contributed by atoms with E-state index in [1.165, 1.54) is 11.0 Å². The summed E-state index contributed by atoms with van der Waals surface area (Å²) in [6.07, 6.45) is 0.443. The SMILES string of the molecule is Cc1cccc(NC(=O)c2cccc(C(=O)N(C)C3CCS(=O)(=O)C3)c2)c1. The van der Waals surface area contributed by atoms with Crippen molar-refractivity contribution in [2.75, 3.05) is 23.9 Å². The van der Waals surface area contributed by atoms with E-state index in [0.29, 0.717) is 23.2 Å². The second-order valence-electron chi connectivity index (χ2n) is 6.88. The molecule has 142 valence electrons. The van der Waals surface area contributed by atoms with Crippen molar-refractivity contribution < 1.29 is 18.0 Å². The van der Waals surface area contributed by atoms with Gasteiger partial charge < -0.3 is 10.2 Å². The fourth-order valence-electron chi connectivity index (χ4n) is 3.17. The van der Waals surface area contributed by atoms with Crippen molar-refractivity contribution in [3.8, 4) is 0 Å². The molecular formula is C20H22N2O4S. The van der Waals surface area contributed by atoms with Crippen LogP contribution in [0.1, 0.15) is 32.7 Å². The van der Waals surface area contributed by atoms with Crippen LogP contribution < -0.4 is 5.32 Å². The van der Waals surface area contributed by atoms with Gasteiger partial charge in [-0.3, -0.25) is 9.59 Å². The fraction of sp³-hybridized carbons (Fsp3) is 0.300. The summed E-state index contributed by atoms with van der Waals surface area (Å²) in [5.74, 6) is -0.500. The van der Waals surface area contributed by atoms with E-state index < -0.39 is 9.84 Å². The lowest BCUT2D eigenvalue weighted by Crippen LogP contribution is -2.37. The topological polar surface area (TPSA) is 83.6 Å². The first-order chi connectivity index (χ1) is 12.7. The summed E-state index contributed by atoms with van der Waals surface area (Å²) in [4.78, 5) is 26.7. The minimum Gasteiger partial charge on any atom is -0.338 e.